The van der Waals surface area contributed by atoms with Gasteiger partial charge in [-0.1, -0.05) is 48.0 Å². The molecule has 0 radical (unpaired) electrons. The van der Waals surface area contributed by atoms with Crippen LogP contribution in [0.5, 0.6) is 0 Å². The second kappa shape index (κ2) is 7.30. The molecular formula is C21H21F3N2O2. The lowest BCUT2D eigenvalue weighted by Crippen LogP contribution is -2.34. The fraction of sp³-hybridized carbons (Fsp3) is 0.333. The van der Waals surface area contributed by atoms with Crippen LogP contribution in [0.25, 0.3) is 22.2 Å². The summed E-state index contributed by atoms with van der Waals surface area (Å²) in [5.74, 6) is -0.915. The maximum absolute atomic E-state index is 12.4. The largest absolute Gasteiger partial charge is 0.456 e. The fourth-order valence-corrected chi connectivity index (χ4v) is 2.95. The Bertz CT molecular complexity index is 989. The van der Waals surface area contributed by atoms with E-state index in [1.807, 2.05) is 55.5 Å². The quantitative estimate of drug-likeness (QED) is 0.567. The normalized spacial score (nSPS) is 12.4. The van der Waals surface area contributed by atoms with Crippen molar-refractivity contribution in [2.24, 2.45) is 5.41 Å². The highest BCUT2D eigenvalue weighted by atomic mass is 19.4. The molecule has 0 aliphatic carbocycles. The minimum Gasteiger partial charge on any atom is -0.456 e. The van der Waals surface area contributed by atoms with Crippen molar-refractivity contribution in [2.45, 2.75) is 33.5 Å². The highest BCUT2D eigenvalue weighted by Gasteiger charge is 2.36. The fourth-order valence-electron chi connectivity index (χ4n) is 2.95. The predicted molar refractivity (Wildman–Crippen MR) is 101 cm³/mol. The lowest BCUT2D eigenvalue weighted by atomic mass is 9.94. The number of alkyl halides is 3. The van der Waals surface area contributed by atoms with Gasteiger partial charge in [0, 0.05) is 10.9 Å². The topological polar surface area (TPSA) is 44.1 Å². The Balaban J connectivity index is 1.93. The number of ether oxygens (including phenoxy) is 1. The molecule has 148 valence electrons. The number of halogens is 3. The van der Waals surface area contributed by atoms with Gasteiger partial charge in [0.1, 0.15) is 5.69 Å². The van der Waals surface area contributed by atoms with Gasteiger partial charge in [0.25, 0.3) is 0 Å². The van der Waals surface area contributed by atoms with E-state index in [0.29, 0.717) is 0 Å². The Labute approximate surface area is 160 Å². The summed E-state index contributed by atoms with van der Waals surface area (Å²) in [6.45, 7) is 3.59. The van der Waals surface area contributed by atoms with Gasteiger partial charge in [0.15, 0.2) is 6.61 Å². The van der Waals surface area contributed by atoms with Gasteiger partial charge >= 0.3 is 12.1 Å². The van der Waals surface area contributed by atoms with Crippen LogP contribution in [0.1, 0.15) is 19.4 Å². The molecule has 0 spiro atoms. The first-order valence-electron chi connectivity index (χ1n) is 8.83. The van der Waals surface area contributed by atoms with Crippen LogP contribution in [0.15, 0.2) is 48.5 Å². The first kappa shape index (κ1) is 19.9. The van der Waals surface area contributed by atoms with Gasteiger partial charge in [0.2, 0.25) is 0 Å². The highest BCUT2D eigenvalue weighted by Crippen LogP contribution is 2.31. The molecule has 1 heterocycles. The molecule has 0 aliphatic rings. The lowest BCUT2D eigenvalue weighted by molar-refractivity contribution is -0.193. The van der Waals surface area contributed by atoms with Gasteiger partial charge in [-0.25, -0.2) is 0 Å². The van der Waals surface area contributed by atoms with Crippen LogP contribution in [0.4, 0.5) is 13.2 Å². The number of carbonyl (C=O) groups is 1. The van der Waals surface area contributed by atoms with Crippen LogP contribution in [0.2, 0.25) is 0 Å². The van der Waals surface area contributed by atoms with E-state index in [-0.39, 0.29) is 6.54 Å². The van der Waals surface area contributed by atoms with Gasteiger partial charge in [-0.2, -0.15) is 18.3 Å². The average Bonchev–Trinajstić information content (AvgIpc) is 2.98. The summed E-state index contributed by atoms with van der Waals surface area (Å²) in [5.41, 5.74) is 2.44. The second-order valence-corrected chi connectivity index (χ2v) is 7.46. The van der Waals surface area contributed by atoms with Crippen LogP contribution < -0.4 is 0 Å². The minimum atomic E-state index is -4.55. The first-order valence-corrected chi connectivity index (χ1v) is 8.83. The van der Waals surface area contributed by atoms with Gasteiger partial charge in [-0.15, -0.1) is 0 Å². The zero-order valence-corrected chi connectivity index (χ0v) is 15.9. The van der Waals surface area contributed by atoms with E-state index < -0.39 is 24.2 Å². The van der Waals surface area contributed by atoms with Crippen molar-refractivity contribution < 1.29 is 22.7 Å². The van der Waals surface area contributed by atoms with Crippen molar-refractivity contribution in [1.82, 2.24) is 9.78 Å². The molecule has 0 saturated carbocycles. The highest BCUT2D eigenvalue weighted by molar-refractivity contribution is 5.93. The molecule has 3 rings (SSSR count). The standard InChI is InChI=1S/C21H21F3N2O2/c1-14-8-10-15(11-9-14)18-16-6-4-5-7-17(16)26(25-18)12-20(2,3)19(27)28-13-21(22,23)24/h4-11H,12-13H2,1-3H3. The Kier molecular flexibility index (Phi) is 5.19. The summed E-state index contributed by atoms with van der Waals surface area (Å²) < 4.78 is 43.2. The SMILES string of the molecule is Cc1ccc(-c2nn(CC(C)(C)C(=O)OCC(F)(F)F)c3ccccc23)cc1. The zero-order chi connectivity index (χ0) is 20.5. The second-order valence-electron chi connectivity index (χ2n) is 7.46. The first-order chi connectivity index (χ1) is 13.1. The molecule has 0 atom stereocenters. The van der Waals surface area contributed by atoms with E-state index in [4.69, 9.17) is 0 Å². The molecule has 0 saturated heterocycles. The van der Waals surface area contributed by atoms with Crippen LogP contribution in [-0.4, -0.2) is 28.5 Å². The van der Waals surface area contributed by atoms with Gasteiger partial charge < -0.3 is 4.74 Å². The average molecular weight is 390 g/mol. The van der Waals surface area contributed by atoms with Crippen LogP contribution in [0.3, 0.4) is 0 Å². The van der Waals surface area contributed by atoms with E-state index in [0.717, 1.165) is 27.7 Å². The summed E-state index contributed by atoms with van der Waals surface area (Å²) in [7, 11) is 0. The number of aryl methyl sites for hydroxylation is 1. The third kappa shape index (κ3) is 4.35. The molecule has 1 aromatic heterocycles. The number of esters is 1. The molecular weight excluding hydrogens is 369 g/mol. The van der Waals surface area contributed by atoms with Crippen molar-refractivity contribution in [3.8, 4) is 11.3 Å². The van der Waals surface area contributed by atoms with Crippen LogP contribution in [0, 0.1) is 12.3 Å². The van der Waals surface area contributed by atoms with E-state index >= 15 is 0 Å². The molecule has 0 bridgehead atoms. The molecule has 7 heteroatoms. The van der Waals surface area contributed by atoms with Crippen LogP contribution >= 0.6 is 0 Å². The monoisotopic (exact) mass is 390 g/mol. The van der Waals surface area contributed by atoms with E-state index in [9.17, 15) is 18.0 Å². The van der Waals surface area contributed by atoms with E-state index in [2.05, 4.69) is 9.84 Å². The van der Waals surface area contributed by atoms with E-state index in [1.54, 1.807) is 18.5 Å². The van der Waals surface area contributed by atoms with Crippen molar-refractivity contribution >= 4 is 16.9 Å². The summed E-state index contributed by atoms with van der Waals surface area (Å²) in [4.78, 5) is 12.2. The Morgan fingerprint density at radius 1 is 1.07 bits per heavy atom. The molecule has 0 amide bonds. The molecule has 2 aromatic carbocycles. The summed E-state index contributed by atoms with van der Waals surface area (Å²) >= 11 is 0. The number of aromatic nitrogens is 2. The predicted octanol–water partition coefficient (Wildman–Crippen LogP) is 5.14. The number of carbonyl (C=O) groups excluding carboxylic acids is 1. The number of rotatable bonds is 5. The van der Waals surface area contributed by atoms with Gasteiger partial charge in [-0.05, 0) is 26.8 Å². The van der Waals surface area contributed by atoms with E-state index in [1.165, 1.54) is 0 Å². The number of hydrogen-bond donors (Lipinski definition) is 0. The van der Waals surface area contributed by atoms with Crippen molar-refractivity contribution in [3.63, 3.8) is 0 Å². The third-order valence-corrected chi connectivity index (χ3v) is 4.45. The number of benzene rings is 2. The van der Waals surface area contributed by atoms with Crippen molar-refractivity contribution in [1.29, 1.82) is 0 Å². The lowest BCUT2D eigenvalue weighted by Gasteiger charge is -2.23. The number of nitrogens with zero attached hydrogens (tertiary/aromatic N) is 2. The maximum atomic E-state index is 12.4. The summed E-state index contributed by atoms with van der Waals surface area (Å²) in [5, 5.41) is 5.56. The Morgan fingerprint density at radius 2 is 1.71 bits per heavy atom. The minimum absolute atomic E-state index is 0.0933. The molecule has 3 aromatic rings. The Morgan fingerprint density at radius 3 is 2.36 bits per heavy atom. The number of fused-ring (bicyclic) bond motifs is 1. The smallest absolute Gasteiger partial charge is 0.422 e. The summed E-state index contributed by atoms with van der Waals surface area (Å²) in [6, 6.07) is 15.5. The van der Waals surface area contributed by atoms with Crippen molar-refractivity contribution in [2.75, 3.05) is 6.61 Å². The van der Waals surface area contributed by atoms with Gasteiger partial charge in [0.05, 0.1) is 17.5 Å². The number of hydrogen-bond acceptors (Lipinski definition) is 3. The molecule has 28 heavy (non-hydrogen) atoms. The maximum Gasteiger partial charge on any atom is 0.422 e. The Hall–Kier alpha value is -2.83. The van der Waals surface area contributed by atoms with Crippen molar-refractivity contribution in [3.05, 3.63) is 54.1 Å². The molecule has 0 unspecified atom stereocenters. The van der Waals surface area contributed by atoms with Crippen LogP contribution in [-0.2, 0) is 16.1 Å². The molecule has 0 fully saturated rings. The van der Waals surface area contributed by atoms with Gasteiger partial charge in [-0.3, -0.25) is 9.48 Å². The third-order valence-electron chi connectivity index (χ3n) is 4.45. The molecule has 0 aliphatic heterocycles. The zero-order valence-electron chi connectivity index (χ0n) is 15.9. The number of para-hydroxylation sites is 1. The molecule has 0 N–H and O–H groups in total. The summed E-state index contributed by atoms with van der Waals surface area (Å²) in [6.07, 6.45) is -4.55. The molecule has 4 nitrogen and oxygen atoms in total.